The molecule has 18 heavy (non-hydrogen) atoms. The van der Waals surface area contributed by atoms with Gasteiger partial charge in [-0.15, -0.1) is 0 Å². The zero-order valence-electron chi connectivity index (χ0n) is 9.27. The predicted molar refractivity (Wildman–Crippen MR) is 69.0 cm³/mol. The largest absolute Gasteiger partial charge is 0.389 e. The van der Waals surface area contributed by atoms with Crippen molar-refractivity contribution in [3.8, 4) is 0 Å². The first-order valence-electron chi connectivity index (χ1n) is 4.95. The van der Waals surface area contributed by atoms with Crippen molar-refractivity contribution in [2.24, 2.45) is 5.73 Å². The Labute approximate surface area is 109 Å². The van der Waals surface area contributed by atoms with E-state index in [0.717, 1.165) is 0 Å². The van der Waals surface area contributed by atoms with Crippen molar-refractivity contribution in [3.63, 3.8) is 0 Å². The zero-order valence-corrected chi connectivity index (χ0v) is 10.9. The van der Waals surface area contributed by atoms with Crippen LogP contribution in [0.5, 0.6) is 0 Å². The van der Waals surface area contributed by atoms with Crippen molar-refractivity contribution >= 4 is 27.2 Å². The summed E-state index contributed by atoms with van der Waals surface area (Å²) >= 11 is 4.79. The molecule has 8 heteroatoms. The maximum Gasteiger partial charge on any atom is 0.251 e. The SMILES string of the molecule is NC(=S)c1ccccc1CS(=O)(=O)NCC(F)F. The molecule has 4 nitrogen and oxygen atoms in total. The summed E-state index contributed by atoms with van der Waals surface area (Å²) in [6.07, 6.45) is -2.73. The fourth-order valence-corrected chi connectivity index (χ4v) is 2.67. The minimum absolute atomic E-state index is 0.0645. The van der Waals surface area contributed by atoms with Crippen molar-refractivity contribution in [1.29, 1.82) is 0 Å². The molecule has 0 aliphatic heterocycles. The number of rotatable bonds is 6. The van der Waals surface area contributed by atoms with E-state index in [1.807, 2.05) is 4.72 Å². The Bertz CT molecular complexity index is 532. The normalized spacial score (nSPS) is 11.7. The van der Waals surface area contributed by atoms with E-state index >= 15 is 0 Å². The number of nitrogens with two attached hydrogens (primary N) is 1. The standard InChI is InChI=1S/C10H12F2N2O2S2/c11-9(12)5-14-18(15,16)6-7-3-1-2-4-8(7)10(13)17/h1-4,9,14H,5-6H2,(H2,13,17). The van der Waals surface area contributed by atoms with Gasteiger partial charge in [0.25, 0.3) is 6.43 Å². The van der Waals surface area contributed by atoms with Gasteiger partial charge in [-0.1, -0.05) is 36.5 Å². The Hall–Kier alpha value is -1.12. The van der Waals surface area contributed by atoms with Gasteiger partial charge in [0.05, 0.1) is 12.3 Å². The van der Waals surface area contributed by atoms with Gasteiger partial charge < -0.3 is 5.73 Å². The average Bonchev–Trinajstić information content (AvgIpc) is 2.26. The topological polar surface area (TPSA) is 72.2 Å². The van der Waals surface area contributed by atoms with Gasteiger partial charge in [0.1, 0.15) is 4.99 Å². The summed E-state index contributed by atoms with van der Waals surface area (Å²) in [5.74, 6) is -0.437. The number of hydrogen-bond donors (Lipinski definition) is 2. The van der Waals surface area contributed by atoms with Crippen LogP contribution in [0, 0.1) is 0 Å². The van der Waals surface area contributed by atoms with Crippen LogP contribution in [0.4, 0.5) is 8.78 Å². The number of thiocarbonyl (C=S) groups is 1. The van der Waals surface area contributed by atoms with E-state index in [0.29, 0.717) is 11.1 Å². The molecule has 0 atom stereocenters. The van der Waals surface area contributed by atoms with Crippen molar-refractivity contribution in [3.05, 3.63) is 35.4 Å². The Morgan fingerprint density at radius 1 is 1.39 bits per heavy atom. The molecule has 0 saturated heterocycles. The maximum absolute atomic E-state index is 11.9. The Balaban J connectivity index is 2.87. The van der Waals surface area contributed by atoms with Crippen molar-refractivity contribution < 1.29 is 17.2 Å². The molecule has 1 aromatic rings. The summed E-state index contributed by atoms with van der Waals surface area (Å²) in [7, 11) is -3.83. The van der Waals surface area contributed by atoms with Gasteiger partial charge in [-0.3, -0.25) is 0 Å². The van der Waals surface area contributed by atoms with Crippen LogP contribution < -0.4 is 10.5 Å². The molecule has 0 aromatic heterocycles. The highest BCUT2D eigenvalue weighted by atomic mass is 32.2. The van der Waals surface area contributed by atoms with Crippen molar-refractivity contribution in [2.75, 3.05) is 6.54 Å². The number of nitrogens with one attached hydrogen (secondary N) is 1. The average molecular weight is 294 g/mol. The highest BCUT2D eigenvalue weighted by Gasteiger charge is 2.16. The van der Waals surface area contributed by atoms with Gasteiger partial charge in [-0.05, 0) is 5.56 Å². The molecule has 0 radical (unpaired) electrons. The predicted octanol–water partition coefficient (Wildman–Crippen LogP) is 1.01. The highest BCUT2D eigenvalue weighted by Crippen LogP contribution is 2.12. The molecule has 3 N–H and O–H groups in total. The molecule has 1 aromatic carbocycles. The van der Waals surface area contributed by atoms with E-state index in [1.54, 1.807) is 18.2 Å². The van der Waals surface area contributed by atoms with Crippen LogP contribution in [0.2, 0.25) is 0 Å². The van der Waals surface area contributed by atoms with Gasteiger partial charge in [0.15, 0.2) is 0 Å². The van der Waals surface area contributed by atoms with E-state index < -0.39 is 28.7 Å². The van der Waals surface area contributed by atoms with E-state index in [1.165, 1.54) is 6.07 Å². The first-order chi connectivity index (χ1) is 8.32. The molecule has 0 bridgehead atoms. The van der Waals surface area contributed by atoms with Crippen LogP contribution in [0.25, 0.3) is 0 Å². The van der Waals surface area contributed by atoms with Crippen LogP contribution in [-0.2, 0) is 15.8 Å². The Kier molecular flexibility index (Phi) is 5.12. The summed E-state index contributed by atoms with van der Waals surface area (Å²) < 4.78 is 48.8. The van der Waals surface area contributed by atoms with Gasteiger partial charge in [-0.2, -0.15) is 0 Å². The second-order valence-corrected chi connectivity index (χ2v) is 5.77. The maximum atomic E-state index is 11.9. The van der Waals surface area contributed by atoms with E-state index in [2.05, 4.69) is 0 Å². The third kappa shape index (κ3) is 4.63. The Morgan fingerprint density at radius 2 is 2.00 bits per heavy atom. The van der Waals surface area contributed by atoms with E-state index in [9.17, 15) is 17.2 Å². The summed E-state index contributed by atoms with van der Waals surface area (Å²) in [4.78, 5) is 0.0645. The zero-order chi connectivity index (χ0) is 13.8. The molecule has 0 unspecified atom stereocenters. The molecule has 0 fully saturated rings. The third-order valence-corrected chi connectivity index (χ3v) is 3.60. The molecule has 0 amide bonds. The lowest BCUT2D eigenvalue weighted by Crippen LogP contribution is -2.30. The highest BCUT2D eigenvalue weighted by molar-refractivity contribution is 7.88. The van der Waals surface area contributed by atoms with E-state index in [4.69, 9.17) is 18.0 Å². The minimum Gasteiger partial charge on any atom is -0.389 e. The fraction of sp³-hybridized carbons (Fsp3) is 0.300. The van der Waals surface area contributed by atoms with E-state index in [-0.39, 0.29) is 4.99 Å². The number of sulfonamides is 1. The van der Waals surface area contributed by atoms with Crippen LogP contribution in [0.3, 0.4) is 0 Å². The minimum atomic E-state index is -3.83. The summed E-state index contributed by atoms with van der Waals surface area (Å²) in [6.45, 7) is -0.905. The first kappa shape index (κ1) is 14.9. The molecule has 0 heterocycles. The molecule has 100 valence electrons. The van der Waals surface area contributed by atoms with Crippen LogP contribution >= 0.6 is 12.2 Å². The second kappa shape index (κ2) is 6.17. The van der Waals surface area contributed by atoms with Crippen LogP contribution in [0.15, 0.2) is 24.3 Å². The quantitative estimate of drug-likeness (QED) is 0.768. The molecular formula is C10H12F2N2O2S2. The van der Waals surface area contributed by atoms with Crippen LogP contribution in [-0.4, -0.2) is 26.4 Å². The lowest BCUT2D eigenvalue weighted by molar-refractivity contribution is 0.153. The Morgan fingerprint density at radius 3 is 2.56 bits per heavy atom. The van der Waals surface area contributed by atoms with Gasteiger partial charge >= 0.3 is 0 Å². The lowest BCUT2D eigenvalue weighted by atomic mass is 10.1. The van der Waals surface area contributed by atoms with Crippen molar-refractivity contribution in [1.82, 2.24) is 4.72 Å². The summed E-state index contributed by atoms with van der Waals surface area (Å²) in [6, 6.07) is 6.41. The number of alkyl halides is 2. The third-order valence-electron chi connectivity index (χ3n) is 2.09. The second-order valence-electron chi connectivity index (χ2n) is 3.52. The molecule has 0 aliphatic carbocycles. The van der Waals surface area contributed by atoms with Crippen LogP contribution in [0.1, 0.15) is 11.1 Å². The monoisotopic (exact) mass is 294 g/mol. The number of hydrogen-bond acceptors (Lipinski definition) is 3. The number of benzene rings is 1. The molecule has 0 aliphatic rings. The van der Waals surface area contributed by atoms with Gasteiger partial charge in [-0.25, -0.2) is 21.9 Å². The van der Waals surface area contributed by atoms with Crippen molar-refractivity contribution in [2.45, 2.75) is 12.2 Å². The smallest absolute Gasteiger partial charge is 0.251 e. The first-order valence-corrected chi connectivity index (χ1v) is 7.01. The number of halogens is 2. The summed E-state index contributed by atoms with van der Waals surface area (Å²) in [5, 5.41) is 0. The summed E-state index contributed by atoms with van der Waals surface area (Å²) in [5.41, 5.74) is 6.26. The molecular weight excluding hydrogens is 282 g/mol. The lowest BCUT2D eigenvalue weighted by Gasteiger charge is -2.09. The molecule has 0 spiro atoms. The van der Waals surface area contributed by atoms with Gasteiger partial charge in [0, 0.05) is 5.56 Å². The molecule has 1 rings (SSSR count). The van der Waals surface area contributed by atoms with Gasteiger partial charge in [0.2, 0.25) is 10.0 Å². The molecule has 0 saturated carbocycles. The fourth-order valence-electron chi connectivity index (χ4n) is 1.33.